The van der Waals surface area contributed by atoms with Gasteiger partial charge in [0.2, 0.25) is 5.69 Å². The molecule has 1 fully saturated rings. The first-order valence-electron chi connectivity index (χ1n) is 22.7. The van der Waals surface area contributed by atoms with E-state index in [0.717, 1.165) is 49.0 Å². The van der Waals surface area contributed by atoms with Gasteiger partial charge in [-0.2, -0.15) is 4.21 Å². The standard InChI is InChI=1S/C50H65N7O6S/c1-11-13-14-15-16-17-26-61-42-25-18-32(3)29-43(42)63-64(60)54-41-30-38(20-19-34(41)5)47-52-48-44(50(59)62-46-35(6)27-33(4)28-36(46)7)45(51-9)49(57(48)53-47)56(31-37(8)58)40-23-21-39(22-24-40)55(10)12-2/h18-25,29-30,33,35-36,46,54H,11-17,26-28,31H2,1-8,10H3,(H,52,53). The van der Waals surface area contributed by atoms with Crippen LogP contribution in [0, 0.1) is 38.2 Å². The van der Waals surface area contributed by atoms with Gasteiger partial charge in [-0.15, -0.1) is 0 Å². The number of ketones is 1. The van der Waals surface area contributed by atoms with Gasteiger partial charge in [0.25, 0.3) is 0 Å². The van der Waals surface area contributed by atoms with Crippen molar-refractivity contribution in [2.75, 3.05) is 41.3 Å². The summed E-state index contributed by atoms with van der Waals surface area (Å²) in [4.78, 5) is 40.3. The van der Waals surface area contributed by atoms with E-state index >= 15 is 0 Å². The number of carbonyl (C=O) groups excluding carboxylic acids is 2. The van der Waals surface area contributed by atoms with Gasteiger partial charge in [0, 0.05) is 30.5 Å². The number of aryl methyl sites for hydroxylation is 2. The number of ether oxygens (including phenoxy) is 2. The Kier molecular flexibility index (Phi) is 16.2. The van der Waals surface area contributed by atoms with Crippen LogP contribution in [-0.2, 0) is 20.8 Å². The maximum Gasteiger partial charge on any atom is 0.331 e. The summed E-state index contributed by atoms with van der Waals surface area (Å²) < 4.78 is 36.6. The van der Waals surface area contributed by atoms with Gasteiger partial charge in [0.05, 0.1) is 25.4 Å². The summed E-state index contributed by atoms with van der Waals surface area (Å²) in [5, 5.41) is 3.35. The van der Waals surface area contributed by atoms with Crippen molar-refractivity contribution < 1.29 is 27.5 Å². The number of anilines is 4. The Labute approximate surface area is 381 Å². The van der Waals surface area contributed by atoms with Gasteiger partial charge in [-0.25, -0.2) is 19.1 Å². The van der Waals surface area contributed by atoms with Crippen molar-refractivity contribution in [3.8, 4) is 22.9 Å². The number of H-pyrrole nitrogens is 1. The molecule has 0 bridgehead atoms. The lowest BCUT2D eigenvalue weighted by atomic mass is 9.75. The fourth-order valence-electron chi connectivity index (χ4n) is 8.78. The van der Waals surface area contributed by atoms with Crippen molar-refractivity contribution >= 4 is 57.2 Å². The minimum atomic E-state index is -2.01. The topological polar surface area (TPSA) is 135 Å². The molecule has 3 aromatic carbocycles. The van der Waals surface area contributed by atoms with E-state index in [0.29, 0.717) is 46.8 Å². The van der Waals surface area contributed by atoms with Crippen molar-refractivity contribution in [2.45, 2.75) is 113 Å². The van der Waals surface area contributed by atoms with E-state index in [9.17, 15) is 13.8 Å². The molecule has 1 aliphatic rings. The number of hydrogen-bond donors (Lipinski definition) is 2. The second-order valence-electron chi connectivity index (χ2n) is 17.6. The highest BCUT2D eigenvalue weighted by Crippen LogP contribution is 2.44. The molecular formula is C50H65N7O6S. The molecule has 13 nitrogen and oxygen atoms in total. The highest BCUT2D eigenvalue weighted by molar-refractivity contribution is 7.82. The van der Waals surface area contributed by atoms with Crippen molar-refractivity contribution in [3.63, 3.8) is 0 Å². The van der Waals surface area contributed by atoms with Crippen LogP contribution in [0.3, 0.4) is 0 Å². The van der Waals surface area contributed by atoms with E-state index in [-0.39, 0.29) is 53.0 Å². The van der Waals surface area contributed by atoms with Crippen molar-refractivity contribution in [1.82, 2.24) is 14.6 Å². The number of aromatic amines is 1. The number of rotatable bonds is 21. The van der Waals surface area contributed by atoms with Crippen LogP contribution in [0.2, 0.25) is 0 Å². The van der Waals surface area contributed by atoms with Crippen LogP contribution in [0.4, 0.5) is 28.6 Å². The predicted octanol–water partition coefficient (Wildman–Crippen LogP) is 11.7. The Morgan fingerprint density at radius 1 is 0.938 bits per heavy atom. The SMILES string of the molecule is [C-]#[N+]c1c(C(=O)OC2C(C)CC(C)CC2C)c2nc(-c3ccc(C)c(NS(=O)Oc4cc(C)ccc4OCCCCCCCC)c3)[nH]n2c1N(CC(C)=O)c1ccc(N(C)CC)cc1. The molecule has 2 N–H and O–H groups in total. The molecule has 64 heavy (non-hydrogen) atoms. The van der Waals surface area contributed by atoms with Gasteiger partial charge < -0.3 is 23.5 Å². The van der Waals surface area contributed by atoms with Crippen molar-refractivity contribution in [1.29, 1.82) is 0 Å². The van der Waals surface area contributed by atoms with Crippen LogP contribution >= 0.6 is 0 Å². The van der Waals surface area contributed by atoms with Crippen LogP contribution in [0.25, 0.3) is 21.9 Å². The van der Waals surface area contributed by atoms with Gasteiger partial charge in [-0.3, -0.25) is 14.6 Å². The molecular weight excluding hydrogens is 827 g/mol. The van der Waals surface area contributed by atoms with E-state index in [1.807, 2.05) is 75.5 Å². The number of hydrogen-bond acceptors (Lipinski definition) is 9. The van der Waals surface area contributed by atoms with Gasteiger partial charge in [0.1, 0.15) is 23.3 Å². The van der Waals surface area contributed by atoms with E-state index < -0.39 is 17.2 Å². The van der Waals surface area contributed by atoms with Crippen molar-refractivity contribution in [3.05, 3.63) is 88.8 Å². The zero-order valence-electron chi connectivity index (χ0n) is 39.0. The molecule has 1 aliphatic carbocycles. The molecule has 0 amide bonds. The van der Waals surface area contributed by atoms with Gasteiger partial charge >= 0.3 is 17.2 Å². The highest BCUT2D eigenvalue weighted by atomic mass is 32.2. The van der Waals surface area contributed by atoms with Crippen LogP contribution < -0.4 is 23.4 Å². The summed E-state index contributed by atoms with van der Waals surface area (Å²) in [6, 6.07) is 18.9. The van der Waals surface area contributed by atoms with Crippen LogP contribution in [0.15, 0.2) is 60.7 Å². The number of nitrogens with one attached hydrogen (secondary N) is 2. The third kappa shape index (κ3) is 11.3. The summed E-state index contributed by atoms with van der Waals surface area (Å²) in [5.74, 6) is 1.55. The smallest absolute Gasteiger partial charge is 0.331 e. The Morgan fingerprint density at radius 3 is 2.30 bits per heavy atom. The molecule has 3 unspecified atom stereocenters. The molecule has 2 aromatic heterocycles. The summed E-state index contributed by atoms with van der Waals surface area (Å²) in [6.07, 6.45) is 8.37. The molecule has 0 saturated heterocycles. The maximum absolute atomic E-state index is 14.5. The Hall–Kier alpha value is -5.81. The summed E-state index contributed by atoms with van der Waals surface area (Å²) in [6.45, 7) is 25.8. The molecule has 0 radical (unpaired) electrons. The number of Topliss-reactive ketones (excluding diaryl/α,β-unsaturated/α-hetero) is 1. The predicted molar refractivity (Wildman–Crippen MR) is 257 cm³/mol. The second kappa shape index (κ2) is 21.7. The van der Waals surface area contributed by atoms with Crippen LogP contribution in [0.5, 0.6) is 11.5 Å². The summed E-state index contributed by atoms with van der Waals surface area (Å²) in [7, 11) is 2.00. The zero-order chi connectivity index (χ0) is 46.1. The van der Waals surface area contributed by atoms with Gasteiger partial charge in [-0.1, -0.05) is 78.0 Å². The average molecular weight is 892 g/mol. The number of unbranched alkanes of at least 4 members (excludes halogenated alkanes) is 5. The number of fused-ring (bicyclic) bond motifs is 1. The molecule has 2 heterocycles. The first-order chi connectivity index (χ1) is 30.7. The lowest BCUT2D eigenvalue weighted by Crippen LogP contribution is -2.37. The molecule has 0 spiro atoms. The number of nitrogens with zero attached hydrogens (tertiary/aromatic N) is 5. The monoisotopic (exact) mass is 891 g/mol. The Morgan fingerprint density at radius 2 is 1.62 bits per heavy atom. The first kappa shape index (κ1) is 47.7. The fraction of sp³-hybridized carbons (Fsp3) is 0.480. The molecule has 5 aromatic rings. The van der Waals surface area contributed by atoms with Crippen LogP contribution in [-0.4, -0.2) is 63.4 Å². The van der Waals surface area contributed by atoms with Crippen LogP contribution in [0.1, 0.15) is 114 Å². The highest BCUT2D eigenvalue weighted by Gasteiger charge is 2.38. The molecule has 1 saturated carbocycles. The quantitative estimate of drug-likeness (QED) is 0.0419. The summed E-state index contributed by atoms with van der Waals surface area (Å²) >= 11 is -2.01. The number of carbonyl (C=O) groups is 2. The van der Waals surface area contributed by atoms with E-state index in [4.69, 9.17) is 25.2 Å². The summed E-state index contributed by atoms with van der Waals surface area (Å²) in [5.41, 5.74) is 4.77. The zero-order valence-corrected chi connectivity index (χ0v) is 39.8. The molecule has 342 valence electrons. The fourth-order valence-corrected chi connectivity index (χ4v) is 9.52. The molecule has 0 aliphatic heterocycles. The Bertz CT molecular complexity index is 2460. The third-order valence-electron chi connectivity index (χ3n) is 12.2. The average Bonchev–Trinajstić information content (AvgIpc) is 3.82. The van der Waals surface area contributed by atoms with E-state index in [2.05, 4.69) is 54.2 Å². The first-order valence-corrected chi connectivity index (χ1v) is 23.8. The van der Waals surface area contributed by atoms with Gasteiger partial charge in [0.15, 0.2) is 23.0 Å². The second-order valence-corrected chi connectivity index (χ2v) is 18.5. The minimum absolute atomic E-state index is 0.0223. The van der Waals surface area contributed by atoms with Crippen molar-refractivity contribution in [2.24, 2.45) is 17.8 Å². The maximum atomic E-state index is 14.5. The normalized spacial score (nSPS) is 17.7. The van der Waals surface area contributed by atoms with Gasteiger partial charge in [-0.05, 0) is 118 Å². The molecule has 6 rings (SSSR count). The van der Waals surface area contributed by atoms with E-state index in [1.54, 1.807) is 15.5 Å². The molecule has 3 atom stereocenters. The lowest BCUT2D eigenvalue weighted by Gasteiger charge is -2.37. The van der Waals surface area contributed by atoms with E-state index in [1.165, 1.54) is 32.6 Å². The number of benzene rings is 3. The molecule has 14 heteroatoms. The number of aromatic nitrogens is 3. The lowest BCUT2D eigenvalue weighted by molar-refractivity contribution is -0.115. The Balaban J connectivity index is 1.36. The number of esters is 1. The third-order valence-corrected chi connectivity index (χ3v) is 12.9. The largest absolute Gasteiger partial charge is 0.490 e. The minimum Gasteiger partial charge on any atom is -0.490 e.